The normalized spacial score (nSPS) is 13.5. The highest BCUT2D eigenvalue weighted by atomic mass is 32.2. The summed E-state index contributed by atoms with van der Waals surface area (Å²) in [7, 11) is -3.08. The Balaban J connectivity index is 4.05. The monoisotopic (exact) mass is 233 g/mol. The third-order valence-electron chi connectivity index (χ3n) is 2.01. The van der Waals surface area contributed by atoms with E-state index in [0.29, 0.717) is 12.8 Å². The molecule has 0 fully saturated rings. The van der Waals surface area contributed by atoms with Crippen molar-refractivity contribution in [1.29, 1.82) is 0 Å². The number of Topliss-reactive ketones (excluding diaryl/α,β-unsaturated/α-hetero) is 1. The summed E-state index contributed by atoms with van der Waals surface area (Å²) in [6.07, 6.45) is 2.54. The first-order valence-corrected chi connectivity index (χ1v) is 6.84. The van der Waals surface area contributed by atoms with E-state index in [1.54, 1.807) is 13.0 Å². The molecule has 0 spiro atoms. The Kier molecular flexibility index (Phi) is 6.43. The second-order valence-electron chi connectivity index (χ2n) is 3.50. The summed E-state index contributed by atoms with van der Waals surface area (Å²) in [6.45, 7) is 5.27. The topological polar surface area (TPSA) is 77.2 Å². The molecular formula is C10H19NO3S. The summed E-state index contributed by atoms with van der Waals surface area (Å²) < 4.78 is 22.6. The molecule has 0 amide bonds. The number of ketones is 1. The summed E-state index contributed by atoms with van der Waals surface area (Å²) in [4.78, 5) is 11.3. The maximum Gasteiger partial charge on any atom is 0.150 e. The van der Waals surface area contributed by atoms with Gasteiger partial charge in [0.2, 0.25) is 0 Å². The molecule has 0 rings (SSSR count). The average molecular weight is 233 g/mol. The molecule has 0 aromatic carbocycles. The van der Waals surface area contributed by atoms with Crippen LogP contribution in [0.15, 0.2) is 12.7 Å². The van der Waals surface area contributed by atoms with Gasteiger partial charge in [0, 0.05) is 12.2 Å². The van der Waals surface area contributed by atoms with E-state index in [0.717, 1.165) is 0 Å². The minimum absolute atomic E-state index is 0.0112. The smallest absolute Gasteiger partial charge is 0.150 e. The van der Waals surface area contributed by atoms with Crippen molar-refractivity contribution in [2.75, 3.05) is 11.5 Å². The van der Waals surface area contributed by atoms with Crippen LogP contribution in [0, 0.1) is 0 Å². The Labute approximate surface area is 91.5 Å². The molecule has 0 aromatic heterocycles. The van der Waals surface area contributed by atoms with Crippen LogP contribution >= 0.6 is 0 Å². The highest BCUT2D eigenvalue weighted by molar-refractivity contribution is 7.91. The standard InChI is InChI=1S/C10H19NO3S/c1-3-5-9(11)10(12)6-8-15(13,14)7-4-2/h3,9H,1,4-8,11H2,2H3. The molecule has 15 heavy (non-hydrogen) atoms. The van der Waals surface area contributed by atoms with E-state index in [-0.39, 0.29) is 23.7 Å². The van der Waals surface area contributed by atoms with Crippen molar-refractivity contribution in [2.45, 2.75) is 32.2 Å². The van der Waals surface area contributed by atoms with Crippen LogP contribution in [-0.2, 0) is 14.6 Å². The van der Waals surface area contributed by atoms with Gasteiger partial charge in [-0.15, -0.1) is 6.58 Å². The van der Waals surface area contributed by atoms with Crippen molar-refractivity contribution >= 4 is 15.6 Å². The van der Waals surface area contributed by atoms with Gasteiger partial charge in [-0.05, 0) is 12.8 Å². The van der Waals surface area contributed by atoms with E-state index in [1.807, 2.05) is 0 Å². The van der Waals surface area contributed by atoms with Gasteiger partial charge in [-0.25, -0.2) is 8.42 Å². The SMILES string of the molecule is C=CCC(N)C(=O)CCS(=O)(=O)CCC. The van der Waals surface area contributed by atoms with Gasteiger partial charge < -0.3 is 5.73 Å². The minimum Gasteiger partial charge on any atom is -0.321 e. The first-order valence-electron chi connectivity index (χ1n) is 5.02. The van der Waals surface area contributed by atoms with Crippen LogP contribution in [0.1, 0.15) is 26.2 Å². The van der Waals surface area contributed by atoms with Gasteiger partial charge in [0.25, 0.3) is 0 Å². The Bertz CT molecular complexity index is 309. The molecule has 0 radical (unpaired) electrons. The van der Waals surface area contributed by atoms with Gasteiger partial charge in [0.05, 0.1) is 11.8 Å². The first kappa shape index (κ1) is 14.3. The molecule has 4 nitrogen and oxygen atoms in total. The second-order valence-corrected chi connectivity index (χ2v) is 5.80. The fourth-order valence-electron chi connectivity index (χ4n) is 1.17. The van der Waals surface area contributed by atoms with Crippen molar-refractivity contribution in [3.8, 4) is 0 Å². The van der Waals surface area contributed by atoms with Crippen LogP contribution in [0.4, 0.5) is 0 Å². The summed E-state index contributed by atoms with van der Waals surface area (Å²) in [5.41, 5.74) is 5.52. The van der Waals surface area contributed by atoms with Gasteiger partial charge in [-0.1, -0.05) is 13.0 Å². The number of carbonyl (C=O) groups is 1. The number of carbonyl (C=O) groups excluding carboxylic acids is 1. The van der Waals surface area contributed by atoms with E-state index in [1.165, 1.54) is 0 Å². The molecule has 0 aliphatic carbocycles. The third kappa shape index (κ3) is 6.41. The van der Waals surface area contributed by atoms with Gasteiger partial charge in [0.15, 0.2) is 15.6 Å². The second kappa shape index (κ2) is 6.74. The molecule has 0 heterocycles. The summed E-state index contributed by atoms with van der Waals surface area (Å²) in [5, 5.41) is 0. The van der Waals surface area contributed by atoms with Crippen molar-refractivity contribution in [3.05, 3.63) is 12.7 Å². The minimum atomic E-state index is -3.08. The molecule has 2 N–H and O–H groups in total. The van der Waals surface area contributed by atoms with E-state index in [4.69, 9.17) is 5.73 Å². The largest absolute Gasteiger partial charge is 0.321 e. The fourth-order valence-corrected chi connectivity index (χ4v) is 2.50. The molecule has 0 saturated heterocycles. The molecule has 1 atom stereocenters. The van der Waals surface area contributed by atoms with Crippen LogP contribution < -0.4 is 5.73 Å². The maximum atomic E-state index is 11.3. The summed E-state index contributed by atoms with van der Waals surface area (Å²) in [5.74, 6) is -0.170. The quantitative estimate of drug-likeness (QED) is 0.625. The predicted molar refractivity (Wildman–Crippen MR) is 61.4 cm³/mol. The molecule has 88 valence electrons. The van der Waals surface area contributed by atoms with Crippen molar-refractivity contribution < 1.29 is 13.2 Å². The Morgan fingerprint density at radius 1 is 1.47 bits per heavy atom. The molecule has 5 heteroatoms. The zero-order chi connectivity index (χ0) is 11.9. The third-order valence-corrected chi connectivity index (χ3v) is 3.87. The lowest BCUT2D eigenvalue weighted by Crippen LogP contribution is -2.31. The fraction of sp³-hybridized carbons (Fsp3) is 0.700. The molecule has 0 aliphatic rings. The molecule has 0 saturated carbocycles. The predicted octanol–water partition coefficient (Wildman–Crippen LogP) is 0.674. The highest BCUT2D eigenvalue weighted by Gasteiger charge is 2.16. The summed E-state index contributed by atoms with van der Waals surface area (Å²) in [6, 6.07) is -0.612. The molecule has 0 aliphatic heterocycles. The van der Waals surface area contributed by atoms with Crippen molar-refractivity contribution in [1.82, 2.24) is 0 Å². The lowest BCUT2D eigenvalue weighted by Gasteiger charge is -2.07. The van der Waals surface area contributed by atoms with Crippen LogP contribution in [0.3, 0.4) is 0 Å². The van der Waals surface area contributed by atoms with E-state index < -0.39 is 15.9 Å². The van der Waals surface area contributed by atoms with E-state index >= 15 is 0 Å². The van der Waals surface area contributed by atoms with Gasteiger partial charge >= 0.3 is 0 Å². The number of nitrogens with two attached hydrogens (primary N) is 1. The van der Waals surface area contributed by atoms with E-state index in [2.05, 4.69) is 6.58 Å². The Morgan fingerprint density at radius 3 is 2.53 bits per heavy atom. The lowest BCUT2D eigenvalue weighted by atomic mass is 10.1. The lowest BCUT2D eigenvalue weighted by molar-refractivity contribution is -0.119. The van der Waals surface area contributed by atoms with Crippen LogP contribution in [-0.4, -0.2) is 31.7 Å². The van der Waals surface area contributed by atoms with Crippen LogP contribution in [0.25, 0.3) is 0 Å². The van der Waals surface area contributed by atoms with Crippen molar-refractivity contribution in [2.24, 2.45) is 5.73 Å². The van der Waals surface area contributed by atoms with E-state index in [9.17, 15) is 13.2 Å². The summed E-state index contributed by atoms with van der Waals surface area (Å²) >= 11 is 0. The zero-order valence-electron chi connectivity index (χ0n) is 9.11. The Morgan fingerprint density at radius 2 is 2.07 bits per heavy atom. The maximum absolute atomic E-state index is 11.3. The molecule has 0 aromatic rings. The number of hydrogen-bond donors (Lipinski definition) is 1. The molecule has 0 bridgehead atoms. The molecule has 1 unspecified atom stereocenters. The Hall–Kier alpha value is -0.680. The number of rotatable bonds is 8. The van der Waals surface area contributed by atoms with Crippen LogP contribution in [0.5, 0.6) is 0 Å². The van der Waals surface area contributed by atoms with Gasteiger partial charge in [0.1, 0.15) is 0 Å². The average Bonchev–Trinajstić information content (AvgIpc) is 2.14. The van der Waals surface area contributed by atoms with Gasteiger partial charge in [-0.3, -0.25) is 4.79 Å². The number of hydrogen-bond acceptors (Lipinski definition) is 4. The highest BCUT2D eigenvalue weighted by Crippen LogP contribution is 2.01. The first-order chi connectivity index (χ1) is 6.93. The zero-order valence-corrected chi connectivity index (χ0v) is 9.92. The van der Waals surface area contributed by atoms with Gasteiger partial charge in [-0.2, -0.15) is 0 Å². The van der Waals surface area contributed by atoms with Crippen molar-refractivity contribution in [3.63, 3.8) is 0 Å². The number of sulfone groups is 1. The molecular weight excluding hydrogens is 214 g/mol. The van der Waals surface area contributed by atoms with Crippen LogP contribution in [0.2, 0.25) is 0 Å².